The highest BCUT2D eigenvalue weighted by molar-refractivity contribution is 5.73. The summed E-state index contributed by atoms with van der Waals surface area (Å²) in [5.41, 5.74) is 1.67. The third-order valence-corrected chi connectivity index (χ3v) is 4.87. The molecule has 218 valence electrons. The number of para-hydroxylation sites is 1. The van der Waals surface area contributed by atoms with Gasteiger partial charge in [-0.2, -0.15) is 26.3 Å². The number of nitrogens with zero attached hydrogens (tertiary/aromatic N) is 1. The lowest BCUT2D eigenvalue weighted by molar-refractivity contribution is -0.275. The SMILES string of the molecule is FC(F)(F)Oc1ccccc1CC(c1ccccc1)N1CCNCC1.O=C(O)C(F)(F)F.O=C(O)C(F)(F)F. The average molecular weight is 578 g/mol. The van der Waals surface area contributed by atoms with E-state index in [2.05, 4.69) is 15.0 Å². The number of nitrogens with one attached hydrogen (secondary N) is 1. The van der Waals surface area contributed by atoms with Crippen LogP contribution in [0.25, 0.3) is 0 Å². The lowest BCUT2D eigenvalue weighted by atomic mass is 9.96. The molecule has 16 heteroatoms. The first-order valence-corrected chi connectivity index (χ1v) is 10.9. The Labute approximate surface area is 215 Å². The van der Waals surface area contributed by atoms with Crippen LogP contribution in [0, 0.1) is 0 Å². The standard InChI is InChI=1S/C19H21F3N2O.2C2HF3O2/c20-19(21,22)25-18-9-5-4-8-16(18)14-17(15-6-2-1-3-7-15)24-12-10-23-11-13-24;2*3-2(4,5)1(6)7/h1-9,17,23H,10-14H2;2*(H,6,7). The summed E-state index contributed by atoms with van der Waals surface area (Å²) in [7, 11) is 0. The number of carbonyl (C=O) groups is 2. The molecule has 1 aliphatic heterocycles. The van der Waals surface area contributed by atoms with Crippen LogP contribution in [0.2, 0.25) is 0 Å². The quantitative estimate of drug-likeness (QED) is 0.428. The van der Waals surface area contributed by atoms with E-state index in [1.54, 1.807) is 18.2 Å². The van der Waals surface area contributed by atoms with Crippen molar-refractivity contribution in [2.45, 2.75) is 31.2 Å². The van der Waals surface area contributed by atoms with Crippen LogP contribution in [-0.2, 0) is 16.0 Å². The van der Waals surface area contributed by atoms with Crippen LogP contribution in [0.3, 0.4) is 0 Å². The lowest BCUT2D eigenvalue weighted by Gasteiger charge is -2.35. The molecule has 1 aliphatic rings. The van der Waals surface area contributed by atoms with E-state index < -0.39 is 30.7 Å². The second kappa shape index (κ2) is 14.6. The molecule has 0 radical (unpaired) electrons. The molecule has 39 heavy (non-hydrogen) atoms. The molecule has 0 aromatic heterocycles. The van der Waals surface area contributed by atoms with E-state index in [0.717, 1.165) is 31.7 Å². The van der Waals surface area contributed by atoms with Crippen LogP contribution < -0.4 is 10.1 Å². The molecular formula is C23H23F9N2O5. The van der Waals surface area contributed by atoms with Crippen molar-refractivity contribution < 1.29 is 64.1 Å². The van der Waals surface area contributed by atoms with Crippen molar-refractivity contribution in [1.82, 2.24) is 10.2 Å². The van der Waals surface area contributed by atoms with E-state index >= 15 is 0 Å². The molecule has 1 heterocycles. The number of piperazine rings is 1. The summed E-state index contributed by atoms with van der Waals surface area (Å²) < 4.78 is 106. The van der Waals surface area contributed by atoms with Gasteiger partial charge in [0.25, 0.3) is 0 Å². The molecule has 1 atom stereocenters. The number of benzene rings is 2. The van der Waals surface area contributed by atoms with Gasteiger partial charge in [0, 0.05) is 32.2 Å². The van der Waals surface area contributed by atoms with Gasteiger partial charge in [-0.1, -0.05) is 48.5 Å². The van der Waals surface area contributed by atoms with Gasteiger partial charge in [-0.05, 0) is 23.6 Å². The Kier molecular flexibility index (Phi) is 12.5. The van der Waals surface area contributed by atoms with Gasteiger partial charge in [0.05, 0.1) is 0 Å². The molecule has 2 aromatic carbocycles. The smallest absolute Gasteiger partial charge is 0.475 e. The zero-order valence-corrected chi connectivity index (χ0v) is 19.8. The van der Waals surface area contributed by atoms with E-state index in [-0.39, 0.29) is 11.8 Å². The second-order valence-electron chi connectivity index (χ2n) is 7.68. The minimum absolute atomic E-state index is 0.0151. The summed E-state index contributed by atoms with van der Waals surface area (Å²) >= 11 is 0. The summed E-state index contributed by atoms with van der Waals surface area (Å²) in [5.74, 6) is -5.63. The minimum atomic E-state index is -5.08. The van der Waals surface area contributed by atoms with Crippen LogP contribution >= 0.6 is 0 Å². The van der Waals surface area contributed by atoms with E-state index in [4.69, 9.17) is 19.8 Å². The minimum Gasteiger partial charge on any atom is -0.475 e. The molecule has 0 amide bonds. The molecule has 0 spiro atoms. The maximum absolute atomic E-state index is 12.7. The van der Waals surface area contributed by atoms with Crippen molar-refractivity contribution in [3.8, 4) is 5.75 Å². The largest absolute Gasteiger partial charge is 0.573 e. The lowest BCUT2D eigenvalue weighted by Crippen LogP contribution is -2.45. The van der Waals surface area contributed by atoms with Gasteiger partial charge in [0.1, 0.15) is 5.75 Å². The number of ether oxygens (including phenoxy) is 1. The van der Waals surface area contributed by atoms with E-state index in [9.17, 15) is 39.5 Å². The molecule has 1 saturated heterocycles. The molecule has 3 N–H and O–H groups in total. The monoisotopic (exact) mass is 578 g/mol. The third-order valence-electron chi connectivity index (χ3n) is 4.87. The molecule has 0 saturated carbocycles. The van der Waals surface area contributed by atoms with Crippen molar-refractivity contribution >= 4 is 11.9 Å². The van der Waals surface area contributed by atoms with Crippen molar-refractivity contribution in [2.24, 2.45) is 0 Å². The Morgan fingerprint density at radius 3 is 1.67 bits per heavy atom. The van der Waals surface area contributed by atoms with E-state index in [0.29, 0.717) is 12.0 Å². The highest BCUT2D eigenvalue weighted by Crippen LogP contribution is 2.32. The second-order valence-corrected chi connectivity index (χ2v) is 7.68. The molecule has 2 aromatic rings. The molecule has 0 bridgehead atoms. The first kappa shape index (κ1) is 33.5. The fraction of sp³-hybridized carbons (Fsp3) is 0.391. The average Bonchev–Trinajstić information content (AvgIpc) is 2.83. The normalized spacial score (nSPS) is 15.1. The summed E-state index contributed by atoms with van der Waals surface area (Å²) in [5, 5.41) is 17.6. The number of rotatable bonds is 5. The number of carboxylic acids is 2. The summed E-state index contributed by atoms with van der Waals surface area (Å²) in [6.45, 7) is 3.48. The zero-order valence-electron chi connectivity index (χ0n) is 19.8. The first-order chi connectivity index (χ1) is 17.9. The molecule has 3 rings (SSSR count). The maximum atomic E-state index is 12.7. The number of hydrogen-bond acceptors (Lipinski definition) is 5. The van der Waals surface area contributed by atoms with Crippen LogP contribution in [0.4, 0.5) is 39.5 Å². The Morgan fingerprint density at radius 1 is 0.795 bits per heavy atom. The molecule has 7 nitrogen and oxygen atoms in total. The number of carboxylic acid groups (broad SMARTS) is 2. The van der Waals surface area contributed by atoms with Crippen LogP contribution in [0.15, 0.2) is 54.6 Å². The van der Waals surface area contributed by atoms with E-state index in [1.165, 1.54) is 6.07 Å². The van der Waals surface area contributed by atoms with Gasteiger partial charge < -0.3 is 20.3 Å². The van der Waals surface area contributed by atoms with Gasteiger partial charge in [-0.25, -0.2) is 9.59 Å². The van der Waals surface area contributed by atoms with Crippen LogP contribution in [0.5, 0.6) is 5.75 Å². The van der Waals surface area contributed by atoms with Gasteiger partial charge >= 0.3 is 30.7 Å². The molecule has 1 fully saturated rings. The fourth-order valence-electron chi connectivity index (χ4n) is 3.23. The van der Waals surface area contributed by atoms with Gasteiger partial charge in [-0.3, -0.25) is 4.90 Å². The van der Waals surface area contributed by atoms with Crippen molar-refractivity contribution in [1.29, 1.82) is 0 Å². The number of hydrogen-bond donors (Lipinski definition) is 3. The predicted molar refractivity (Wildman–Crippen MR) is 118 cm³/mol. The van der Waals surface area contributed by atoms with Crippen LogP contribution in [0.1, 0.15) is 17.2 Å². The highest BCUT2D eigenvalue weighted by Gasteiger charge is 2.39. The van der Waals surface area contributed by atoms with Crippen LogP contribution in [-0.4, -0.2) is 71.9 Å². The van der Waals surface area contributed by atoms with Gasteiger partial charge in [-0.15, -0.1) is 13.2 Å². The Hall–Kier alpha value is -3.53. The Bertz CT molecular complexity index is 1010. The summed E-state index contributed by atoms with van der Waals surface area (Å²) in [6, 6.07) is 16.3. The number of alkyl halides is 9. The molecular weight excluding hydrogens is 555 g/mol. The Balaban J connectivity index is 0.000000449. The summed E-state index contributed by atoms with van der Waals surface area (Å²) in [6.07, 6.45) is -14.4. The number of aliphatic carboxylic acids is 2. The number of halogens is 9. The van der Waals surface area contributed by atoms with Crippen molar-refractivity contribution in [3.05, 3.63) is 65.7 Å². The predicted octanol–water partition coefficient (Wildman–Crippen LogP) is 5.04. The summed E-state index contributed by atoms with van der Waals surface area (Å²) in [4.78, 5) is 20.1. The van der Waals surface area contributed by atoms with E-state index in [1.807, 2.05) is 30.3 Å². The zero-order chi connectivity index (χ0) is 29.9. The third kappa shape index (κ3) is 13.2. The van der Waals surface area contributed by atoms with Gasteiger partial charge in [0.2, 0.25) is 0 Å². The Morgan fingerprint density at radius 2 is 1.23 bits per heavy atom. The molecule has 0 aliphatic carbocycles. The topological polar surface area (TPSA) is 99.1 Å². The fourth-order valence-corrected chi connectivity index (χ4v) is 3.23. The maximum Gasteiger partial charge on any atom is 0.573 e. The van der Waals surface area contributed by atoms with Crippen molar-refractivity contribution in [2.75, 3.05) is 26.2 Å². The van der Waals surface area contributed by atoms with Crippen molar-refractivity contribution in [3.63, 3.8) is 0 Å². The van der Waals surface area contributed by atoms with Gasteiger partial charge in [0.15, 0.2) is 0 Å². The first-order valence-electron chi connectivity index (χ1n) is 10.9. The highest BCUT2D eigenvalue weighted by atomic mass is 19.4. The molecule has 1 unspecified atom stereocenters.